The maximum Gasteiger partial charge on any atom is 0.0268 e. The Kier molecular flexibility index (Phi) is 4.85. The molecule has 0 bridgehead atoms. The van der Waals surface area contributed by atoms with Crippen LogP contribution >= 0.6 is 31.9 Å². The molecular weight excluding hydrogens is 306 g/mol. The fraction of sp³-hybridized carbons (Fsp3) is 0.273. The van der Waals surface area contributed by atoms with Gasteiger partial charge in [-0.2, -0.15) is 0 Å². The summed E-state index contributed by atoms with van der Waals surface area (Å²) in [6.07, 6.45) is 0. The van der Waals surface area contributed by atoms with Crippen LogP contribution in [0, 0.1) is 6.92 Å². The van der Waals surface area contributed by atoms with E-state index < -0.39 is 0 Å². The van der Waals surface area contributed by atoms with Crippen molar-refractivity contribution in [1.29, 1.82) is 0 Å². The quantitative estimate of drug-likeness (QED) is 0.891. The summed E-state index contributed by atoms with van der Waals surface area (Å²) in [7, 11) is 0. The van der Waals surface area contributed by atoms with Gasteiger partial charge >= 0.3 is 0 Å². The maximum absolute atomic E-state index is 3.76. The van der Waals surface area contributed by atoms with Gasteiger partial charge in [-0.1, -0.05) is 50.6 Å². The number of nitrogens with one attached hydrogen (secondary N) is 1. The molecule has 76 valence electrons. The third kappa shape index (κ3) is 3.95. The van der Waals surface area contributed by atoms with Crippen LogP contribution < -0.4 is 5.32 Å². The Labute approximate surface area is 102 Å². The lowest BCUT2D eigenvalue weighted by Gasteiger charge is -2.05. The fourth-order valence-electron chi connectivity index (χ4n) is 1.16. The van der Waals surface area contributed by atoms with E-state index in [1.54, 1.807) is 0 Å². The van der Waals surface area contributed by atoms with Crippen LogP contribution in [0.3, 0.4) is 0 Å². The average molecular weight is 319 g/mol. The first-order valence-electron chi connectivity index (χ1n) is 4.38. The molecule has 0 amide bonds. The topological polar surface area (TPSA) is 12.0 Å². The van der Waals surface area contributed by atoms with Crippen LogP contribution in [0.15, 0.2) is 33.7 Å². The Morgan fingerprint density at radius 3 is 2.79 bits per heavy atom. The highest BCUT2D eigenvalue weighted by Gasteiger charge is 1.97. The molecule has 0 atom stereocenters. The molecule has 1 rings (SSSR count). The van der Waals surface area contributed by atoms with Gasteiger partial charge in [0, 0.05) is 22.0 Å². The molecule has 0 saturated carbocycles. The van der Waals surface area contributed by atoms with Crippen LogP contribution in [0.5, 0.6) is 0 Å². The minimum Gasteiger partial charge on any atom is -0.308 e. The van der Waals surface area contributed by atoms with Gasteiger partial charge in [-0.15, -0.1) is 0 Å². The van der Waals surface area contributed by atoms with Gasteiger partial charge in [0.1, 0.15) is 0 Å². The fourth-order valence-corrected chi connectivity index (χ4v) is 1.60. The summed E-state index contributed by atoms with van der Waals surface area (Å²) in [6.45, 7) is 7.53. The van der Waals surface area contributed by atoms with Crippen molar-refractivity contribution in [2.24, 2.45) is 0 Å². The van der Waals surface area contributed by atoms with Crippen molar-refractivity contribution in [1.82, 2.24) is 5.32 Å². The molecular formula is C11H13Br2N. The van der Waals surface area contributed by atoms with Crippen molar-refractivity contribution in [3.8, 4) is 0 Å². The van der Waals surface area contributed by atoms with Crippen LogP contribution in [0.1, 0.15) is 11.1 Å². The molecule has 0 aliphatic carbocycles. The number of hydrogen-bond acceptors (Lipinski definition) is 1. The van der Waals surface area contributed by atoms with E-state index in [1.807, 2.05) is 0 Å². The molecule has 0 unspecified atom stereocenters. The van der Waals surface area contributed by atoms with Crippen LogP contribution in [0.2, 0.25) is 0 Å². The third-order valence-electron chi connectivity index (χ3n) is 1.87. The smallest absolute Gasteiger partial charge is 0.0268 e. The van der Waals surface area contributed by atoms with E-state index in [9.17, 15) is 0 Å². The lowest BCUT2D eigenvalue weighted by molar-refractivity contribution is 0.756. The van der Waals surface area contributed by atoms with Gasteiger partial charge in [-0.05, 0) is 24.1 Å². The van der Waals surface area contributed by atoms with Crippen LogP contribution in [-0.2, 0) is 6.54 Å². The van der Waals surface area contributed by atoms with Gasteiger partial charge in [-0.3, -0.25) is 0 Å². The maximum atomic E-state index is 3.76. The lowest BCUT2D eigenvalue weighted by atomic mass is 10.1. The molecule has 0 aliphatic heterocycles. The molecule has 1 N–H and O–H groups in total. The van der Waals surface area contributed by atoms with E-state index >= 15 is 0 Å². The predicted octanol–water partition coefficient (Wildman–Crippen LogP) is 3.76. The molecule has 0 heterocycles. The predicted molar refractivity (Wildman–Crippen MR) is 68.7 cm³/mol. The molecule has 0 fully saturated rings. The minimum absolute atomic E-state index is 0.801. The summed E-state index contributed by atoms with van der Waals surface area (Å²) in [5.41, 5.74) is 2.56. The number of rotatable bonds is 4. The summed E-state index contributed by atoms with van der Waals surface area (Å²) in [5, 5.41) is 3.29. The summed E-state index contributed by atoms with van der Waals surface area (Å²) < 4.78 is 2.14. The Morgan fingerprint density at radius 1 is 1.50 bits per heavy atom. The molecule has 0 saturated heterocycles. The molecule has 0 radical (unpaired) electrons. The molecule has 14 heavy (non-hydrogen) atoms. The molecule has 1 aromatic carbocycles. The normalized spacial score (nSPS) is 10.2. The van der Waals surface area contributed by atoms with Gasteiger partial charge in [0.2, 0.25) is 0 Å². The van der Waals surface area contributed by atoms with E-state index in [4.69, 9.17) is 0 Å². The van der Waals surface area contributed by atoms with Crippen molar-refractivity contribution in [3.05, 3.63) is 44.9 Å². The summed E-state index contributed by atoms with van der Waals surface area (Å²) in [6, 6.07) is 6.37. The Bertz CT molecular complexity index is 334. The number of benzene rings is 1. The van der Waals surface area contributed by atoms with Gasteiger partial charge in [-0.25, -0.2) is 0 Å². The highest BCUT2D eigenvalue weighted by atomic mass is 79.9. The van der Waals surface area contributed by atoms with E-state index in [0.29, 0.717) is 0 Å². The van der Waals surface area contributed by atoms with Gasteiger partial charge in [0.25, 0.3) is 0 Å². The number of aryl methyl sites for hydroxylation is 1. The second-order valence-electron chi connectivity index (χ2n) is 3.20. The highest BCUT2D eigenvalue weighted by Crippen LogP contribution is 2.16. The van der Waals surface area contributed by atoms with Gasteiger partial charge in [0.05, 0.1) is 0 Å². The first kappa shape index (κ1) is 12.0. The zero-order chi connectivity index (χ0) is 10.6. The number of hydrogen-bond donors (Lipinski definition) is 1. The standard InChI is InChI=1S/C11H13Br2N/c1-8-5-10(3-4-11(8)13)7-14-6-9(2)12/h3-5,14H,2,6-7H2,1H3. The third-order valence-corrected chi connectivity index (χ3v) is 3.04. The van der Waals surface area contributed by atoms with Crippen molar-refractivity contribution in [2.75, 3.05) is 6.54 Å². The second kappa shape index (κ2) is 5.69. The van der Waals surface area contributed by atoms with Crippen molar-refractivity contribution < 1.29 is 0 Å². The lowest BCUT2D eigenvalue weighted by Crippen LogP contribution is -2.14. The molecule has 1 nitrogen and oxygen atoms in total. The van der Waals surface area contributed by atoms with Gasteiger partial charge < -0.3 is 5.32 Å². The Morgan fingerprint density at radius 2 is 2.21 bits per heavy atom. The zero-order valence-electron chi connectivity index (χ0n) is 8.11. The summed E-state index contributed by atoms with van der Waals surface area (Å²) in [5.74, 6) is 0. The number of halogens is 2. The highest BCUT2D eigenvalue weighted by molar-refractivity contribution is 9.11. The molecule has 0 aromatic heterocycles. The van der Waals surface area contributed by atoms with Gasteiger partial charge in [0.15, 0.2) is 0 Å². The first-order valence-corrected chi connectivity index (χ1v) is 5.97. The van der Waals surface area contributed by atoms with E-state index in [-0.39, 0.29) is 0 Å². The van der Waals surface area contributed by atoms with Crippen molar-refractivity contribution in [3.63, 3.8) is 0 Å². The van der Waals surface area contributed by atoms with Crippen LogP contribution in [-0.4, -0.2) is 6.54 Å². The van der Waals surface area contributed by atoms with Crippen LogP contribution in [0.4, 0.5) is 0 Å². The van der Waals surface area contributed by atoms with Crippen molar-refractivity contribution >= 4 is 31.9 Å². The van der Waals surface area contributed by atoms with Crippen molar-refractivity contribution in [2.45, 2.75) is 13.5 Å². The average Bonchev–Trinajstić information content (AvgIpc) is 2.10. The molecule has 0 aliphatic rings. The summed E-state index contributed by atoms with van der Waals surface area (Å²) in [4.78, 5) is 0. The summed E-state index contributed by atoms with van der Waals surface area (Å²) >= 11 is 6.79. The zero-order valence-corrected chi connectivity index (χ0v) is 11.3. The monoisotopic (exact) mass is 317 g/mol. The SMILES string of the molecule is C=C(Br)CNCc1ccc(Br)c(C)c1. The Balaban J connectivity index is 2.51. The van der Waals surface area contributed by atoms with E-state index in [2.05, 4.69) is 68.9 Å². The molecule has 1 aromatic rings. The van der Waals surface area contributed by atoms with E-state index in [0.717, 1.165) is 22.0 Å². The van der Waals surface area contributed by atoms with E-state index in [1.165, 1.54) is 11.1 Å². The largest absolute Gasteiger partial charge is 0.308 e. The second-order valence-corrected chi connectivity index (χ2v) is 5.18. The molecule has 0 spiro atoms. The Hall–Kier alpha value is -0.120. The van der Waals surface area contributed by atoms with Crippen LogP contribution in [0.25, 0.3) is 0 Å². The first-order chi connectivity index (χ1) is 6.59. The molecule has 3 heteroatoms. The minimum atomic E-state index is 0.801.